The predicted octanol–water partition coefficient (Wildman–Crippen LogP) is 4.29. The number of nitrogens with zero attached hydrogens (tertiary/aromatic N) is 3. The van der Waals surface area contributed by atoms with Crippen molar-refractivity contribution in [3.63, 3.8) is 0 Å². The number of rotatable bonds is 8. The summed E-state index contributed by atoms with van der Waals surface area (Å²) in [6.45, 7) is 3.57. The molecule has 1 aromatic heterocycles. The van der Waals surface area contributed by atoms with E-state index in [0.29, 0.717) is 18.0 Å². The lowest BCUT2D eigenvalue weighted by Gasteiger charge is -2.44. The van der Waals surface area contributed by atoms with Crippen LogP contribution >= 0.6 is 0 Å². The maximum atomic E-state index is 9.94. The number of likely N-dealkylation sites (tertiary alicyclic amines) is 1. The molecule has 3 aromatic carbocycles. The normalized spacial score (nSPS) is 15.1. The maximum Gasteiger partial charge on any atom is 0.183 e. The molecule has 0 bridgehead atoms. The van der Waals surface area contributed by atoms with Crippen LogP contribution in [0.4, 0.5) is 0 Å². The Kier molecular flexibility index (Phi) is 6.22. The van der Waals surface area contributed by atoms with Crippen molar-refractivity contribution in [3.8, 4) is 11.8 Å². The van der Waals surface area contributed by atoms with Gasteiger partial charge in [-0.25, -0.2) is 4.68 Å². The highest BCUT2D eigenvalue weighted by molar-refractivity contribution is 5.90. The van der Waals surface area contributed by atoms with E-state index >= 15 is 0 Å². The van der Waals surface area contributed by atoms with Crippen LogP contribution in [-0.2, 0) is 0 Å². The van der Waals surface area contributed by atoms with Gasteiger partial charge in [-0.15, -0.1) is 0 Å². The number of aliphatic hydroxyl groups excluding tert-OH is 1. The van der Waals surface area contributed by atoms with Gasteiger partial charge in [0.1, 0.15) is 12.2 Å². The van der Waals surface area contributed by atoms with Gasteiger partial charge < -0.3 is 15.3 Å². The summed E-state index contributed by atoms with van der Waals surface area (Å²) >= 11 is 0. The number of aromatic nitrogens is 1. The second-order valence-corrected chi connectivity index (χ2v) is 8.77. The highest BCUT2D eigenvalue weighted by atomic mass is 16.5. The summed E-state index contributed by atoms with van der Waals surface area (Å²) in [4.78, 5) is 2.41. The number of ether oxygens (including phenoxy) is 1. The summed E-state index contributed by atoms with van der Waals surface area (Å²) in [5.41, 5.74) is 6.95. The average molecular weight is 453 g/mol. The number of nitrogens with one attached hydrogen (secondary N) is 1. The van der Waals surface area contributed by atoms with Crippen LogP contribution in [0.1, 0.15) is 29.8 Å². The zero-order valence-electron chi connectivity index (χ0n) is 19.1. The molecule has 0 amide bonds. The highest BCUT2D eigenvalue weighted by Gasteiger charge is 2.36. The molecule has 0 saturated carbocycles. The standard InChI is InChI=1S/C28H28N4O2/c1-20(33)17-30-32-25-15-9-8-14-24(25)28(26(32)16-29)34-23-18-31(19-23)27(21-10-4-2-5-11-21)22-12-6-3-7-13-22/h2-15,20,23,27,30,33H,17-19H2,1H3. The van der Waals surface area contributed by atoms with Crippen LogP contribution in [0.3, 0.4) is 0 Å². The molecule has 1 fully saturated rings. The van der Waals surface area contributed by atoms with E-state index in [1.54, 1.807) is 11.6 Å². The van der Waals surface area contributed by atoms with Crippen molar-refractivity contribution in [2.24, 2.45) is 0 Å². The molecule has 2 heterocycles. The molecule has 0 radical (unpaired) electrons. The number of para-hydroxylation sites is 1. The van der Waals surface area contributed by atoms with E-state index in [1.807, 2.05) is 36.4 Å². The Hall–Kier alpha value is -3.79. The fraction of sp³-hybridized carbons (Fsp3) is 0.250. The Balaban J connectivity index is 1.39. The Morgan fingerprint density at radius 3 is 2.15 bits per heavy atom. The molecule has 0 aliphatic carbocycles. The molecule has 4 aromatic rings. The molecule has 1 saturated heterocycles. The molecule has 172 valence electrons. The highest BCUT2D eigenvalue weighted by Crippen LogP contribution is 2.37. The lowest BCUT2D eigenvalue weighted by molar-refractivity contribution is 0.000882. The average Bonchev–Trinajstić information content (AvgIpc) is 3.15. The molecular formula is C28H28N4O2. The van der Waals surface area contributed by atoms with Crippen molar-refractivity contribution in [2.75, 3.05) is 25.1 Å². The molecule has 2 N–H and O–H groups in total. The van der Waals surface area contributed by atoms with Crippen LogP contribution < -0.4 is 10.2 Å². The summed E-state index contributed by atoms with van der Waals surface area (Å²) < 4.78 is 8.16. The summed E-state index contributed by atoms with van der Waals surface area (Å²) in [5.74, 6) is 0.594. The topological polar surface area (TPSA) is 73.4 Å². The largest absolute Gasteiger partial charge is 0.484 e. The van der Waals surface area contributed by atoms with E-state index < -0.39 is 6.10 Å². The van der Waals surface area contributed by atoms with Crippen molar-refractivity contribution in [3.05, 3.63) is 102 Å². The Morgan fingerprint density at radius 2 is 1.56 bits per heavy atom. The van der Waals surface area contributed by atoms with Crippen LogP contribution in [0, 0.1) is 11.3 Å². The van der Waals surface area contributed by atoms with Crippen LogP contribution in [-0.4, -0.2) is 46.5 Å². The fourth-order valence-corrected chi connectivity index (χ4v) is 4.62. The van der Waals surface area contributed by atoms with Crippen molar-refractivity contribution in [2.45, 2.75) is 25.2 Å². The number of fused-ring (bicyclic) bond motifs is 1. The van der Waals surface area contributed by atoms with Crippen molar-refractivity contribution in [1.29, 1.82) is 5.26 Å². The first-order valence-electron chi connectivity index (χ1n) is 11.6. The minimum atomic E-state index is -0.537. The van der Waals surface area contributed by atoms with Crippen molar-refractivity contribution >= 4 is 10.9 Å². The SMILES string of the molecule is CC(O)CNn1c(C#N)c(OC2CN(C(c3ccccc3)c3ccccc3)C2)c2ccccc21. The van der Waals surface area contributed by atoms with Gasteiger partial charge in [-0.2, -0.15) is 5.26 Å². The number of hydrogen-bond acceptors (Lipinski definition) is 5. The van der Waals surface area contributed by atoms with Gasteiger partial charge in [0.2, 0.25) is 0 Å². The van der Waals surface area contributed by atoms with Gasteiger partial charge in [0.25, 0.3) is 0 Å². The van der Waals surface area contributed by atoms with E-state index in [1.165, 1.54) is 11.1 Å². The monoisotopic (exact) mass is 452 g/mol. The summed E-state index contributed by atoms with van der Waals surface area (Å²) in [7, 11) is 0. The van der Waals surface area contributed by atoms with Gasteiger partial charge in [0, 0.05) is 18.5 Å². The first kappa shape index (κ1) is 22.0. The molecule has 5 rings (SSSR count). The first-order valence-corrected chi connectivity index (χ1v) is 11.6. The van der Waals surface area contributed by atoms with E-state index in [0.717, 1.165) is 24.0 Å². The maximum absolute atomic E-state index is 9.94. The Labute approximate surface area is 199 Å². The molecule has 34 heavy (non-hydrogen) atoms. The van der Waals surface area contributed by atoms with Gasteiger partial charge in [-0.3, -0.25) is 4.90 Å². The second kappa shape index (κ2) is 9.60. The van der Waals surface area contributed by atoms with E-state index in [4.69, 9.17) is 4.74 Å². The molecule has 1 atom stereocenters. The lowest BCUT2D eigenvalue weighted by atomic mass is 9.94. The molecule has 6 nitrogen and oxygen atoms in total. The predicted molar refractivity (Wildman–Crippen MR) is 133 cm³/mol. The van der Waals surface area contributed by atoms with Crippen LogP contribution in [0.25, 0.3) is 10.9 Å². The number of aliphatic hydroxyl groups is 1. The molecule has 1 unspecified atom stereocenters. The zero-order chi connectivity index (χ0) is 23.5. The smallest absolute Gasteiger partial charge is 0.183 e. The third-order valence-electron chi connectivity index (χ3n) is 6.24. The third kappa shape index (κ3) is 4.24. The number of hydrogen-bond donors (Lipinski definition) is 2. The number of nitriles is 1. The summed E-state index contributed by atoms with van der Waals surface area (Å²) in [6.07, 6.45) is -0.553. The fourth-order valence-electron chi connectivity index (χ4n) is 4.62. The van der Waals surface area contributed by atoms with Gasteiger partial charge in [-0.05, 0) is 30.2 Å². The van der Waals surface area contributed by atoms with Gasteiger partial charge in [0.05, 0.1) is 24.2 Å². The van der Waals surface area contributed by atoms with Crippen LogP contribution in [0.5, 0.6) is 5.75 Å². The minimum Gasteiger partial charge on any atom is -0.484 e. The van der Waals surface area contributed by atoms with E-state index in [-0.39, 0.29) is 12.1 Å². The minimum absolute atomic E-state index is 0.0157. The molecule has 1 aliphatic rings. The molecule has 6 heteroatoms. The van der Waals surface area contributed by atoms with Crippen LogP contribution in [0.2, 0.25) is 0 Å². The van der Waals surface area contributed by atoms with Gasteiger partial charge in [-0.1, -0.05) is 72.8 Å². The Morgan fingerprint density at radius 1 is 0.971 bits per heavy atom. The van der Waals surface area contributed by atoms with E-state index in [2.05, 4.69) is 64.9 Å². The lowest BCUT2D eigenvalue weighted by Crippen LogP contribution is -2.55. The van der Waals surface area contributed by atoms with Crippen molar-refractivity contribution in [1.82, 2.24) is 9.58 Å². The number of benzene rings is 3. The van der Waals surface area contributed by atoms with Crippen LogP contribution in [0.15, 0.2) is 84.9 Å². The molecular weight excluding hydrogens is 424 g/mol. The molecule has 1 aliphatic heterocycles. The van der Waals surface area contributed by atoms with Gasteiger partial charge >= 0.3 is 0 Å². The quantitative estimate of drug-likeness (QED) is 0.417. The zero-order valence-corrected chi connectivity index (χ0v) is 19.1. The molecule has 0 spiro atoms. The second-order valence-electron chi connectivity index (χ2n) is 8.77. The summed E-state index contributed by atoms with van der Waals surface area (Å²) in [5, 5.41) is 20.6. The Bertz CT molecular complexity index is 1250. The van der Waals surface area contributed by atoms with Crippen molar-refractivity contribution < 1.29 is 9.84 Å². The third-order valence-corrected chi connectivity index (χ3v) is 6.24. The first-order chi connectivity index (χ1) is 16.7. The van der Waals surface area contributed by atoms with Gasteiger partial charge in [0.15, 0.2) is 11.4 Å². The summed E-state index contributed by atoms with van der Waals surface area (Å²) in [6, 6.07) is 31.3. The van der Waals surface area contributed by atoms with E-state index in [9.17, 15) is 10.4 Å².